The first-order valence-corrected chi connectivity index (χ1v) is 8.22. The normalized spacial score (nSPS) is 11.7. The summed E-state index contributed by atoms with van der Waals surface area (Å²) in [6.07, 6.45) is 1.91. The van der Waals surface area contributed by atoms with Crippen molar-refractivity contribution >= 4 is 28.9 Å². The fourth-order valence-electron chi connectivity index (χ4n) is 2.04. The molecule has 7 nitrogen and oxygen atoms in total. The molecule has 0 saturated carbocycles. The minimum Gasteiger partial charge on any atom is -0.464 e. The predicted molar refractivity (Wildman–Crippen MR) is 90.2 cm³/mol. The molecule has 0 saturated heterocycles. The van der Waals surface area contributed by atoms with Gasteiger partial charge in [0.25, 0.3) is 0 Å². The molecule has 1 heterocycles. The number of nitrogens with zero attached hydrogens (tertiary/aromatic N) is 2. The molecule has 1 aromatic heterocycles. The van der Waals surface area contributed by atoms with Crippen LogP contribution in [0.4, 0.5) is 4.79 Å². The Labute approximate surface area is 143 Å². The minimum absolute atomic E-state index is 0.0294. The minimum atomic E-state index is -1.11. The summed E-state index contributed by atoms with van der Waals surface area (Å²) < 4.78 is 0.957. The summed E-state index contributed by atoms with van der Waals surface area (Å²) in [4.78, 5) is 38.5. The Morgan fingerprint density at radius 1 is 1.29 bits per heavy atom. The van der Waals surface area contributed by atoms with E-state index in [2.05, 4.69) is 10.3 Å². The average Bonchev–Trinajstić information content (AvgIpc) is 3.02. The van der Waals surface area contributed by atoms with E-state index in [0.717, 1.165) is 16.3 Å². The molecule has 0 fully saturated rings. The molecule has 1 aromatic carbocycles. The van der Waals surface area contributed by atoms with Crippen molar-refractivity contribution in [2.75, 3.05) is 5.75 Å². The third-order valence-electron chi connectivity index (χ3n) is 3.12. The van der Waals surface area contributed by atoms with E-state index < -0.39 is 6.09 Å². The molecule has 2 aromatic rings. The van der Waals surface area contributed by atoms with Crippen molar-refractivity contribution in [1.82, 2.24) is 14.9 Å². The van der Waals surface area contributed by atoms with Crippen LogP contribution < -0.4 is 5.32 Å². The van der Waals surface area contributed by atoms with Crippen LogP contribution in [0.3, 0.4) is 0 Å². The van der Waals surface area contributed by atoms with Crippen molar-refractivity contribution in [3.05, 3.63) is 54.1 Å². The lowest BCUT2D eigenvalue weighted by atomic mass is 10.2. The molecule has 0 aliphatic carbocycles. The highest BCUT2D eigenvalue weighted by Crippen LogP contribution is 2.11. The van der Waals surface area contributed by atoms with Crippen LogP contribution in [0, 0.1) is 0 Å². The van der Waals surface area contributed by atoms with Gasteiger partial charge in [0.05, 0.1) is 11.4 Å². The molecular weight excluding hydrogens is 330 g/mol. The number of hydrogen-bond donors (Lipinski definition) is 2. The number of thioether (sulfide) groups is 1. The highest BCUT2D eigenvalue weighted by Gasteiger charge is 2.13. The van der Waals surface area contributed by atoms with Gasteiger partial charge in [0.1, 0.15) is 6.33 Å². The van der Waals surface area contributed by atoms with Gasteiger partial charge in [-0.05, 0) is 6.92 Å². The highest BCUT2D eigenvalue weighted by atomic mass is 32.2. The van der Waals surface area contributed by atoms with Crippen molar-refractivity contribution in [2.45, 2.75) is 19.4 Å². The van der Waals surface area contributed by atoms with Crippen LogP contribution in [0.15, 0.2) is 42.9 Å². The standard InChI is InChI=1S/C16H17N3O4S/c1-11(7-13-8-19(10-17-13)16(22)23)18-14(20)9-24-15(21)12-5-3-2-4-6-12/h2-6,8,10-11H,7,9H2,1H3,(H,18,20)(H,22,23)/t11-/m1/s1. The van der Waals surface area contributed by atoms with Crippen LogP contribution in [0.2, 0.25) is 0 Å². The van der Waals surface area contributed by atoms with Crippen LogP contribution in [0.5, 0.6) is 0 Å². The number of benzene rings is 1. The van der Waals surface area contributed by atoms with Crippen LogP contribution in [-0.4, -0.2) is 43.6 Å². The Hall–Kier alpha value is -2.61. The van der Waals surface area contributed by atoms with Crippen LogP contribution in [0.25, 0.3) is 0 Å². The fraction of sp³-hybridized carbons (Fsp3) is 0.250. The van der Waals surface area contributed by atoms with E-state index in [-0.39, 0.29) is 22.8 Å². The number of carbonyl (C=O) groups excluding carboxylic acids is 2. The van der Waals surface area contributed by atoms with Gasteiger partial charge < -0.3 is 10.4 Å². The Morgan fingerprint density at radius 3 is 2.62 bits per heavy atom. The number of imidazole rings is 1. The van der Waals surface area contributed by atoms with Crippen LogP contribution in [-0.2, 0) is 11.2 Å². The van der Waals surface area contributed by atoms with Gasteiger partial charge >= 0.3 is 6.09 Å². The first kappa shape index (κ1) is 17.7. The third-order valence-corrected chi connectivity index (χ3v) is 4.03. The Bertz CT molecular complexity index is 730. The first-order chi connectivity index (χ1) is 11.5. The van der Waals surface area contributed by atoms with E-state index in [1.54, 1.807) is 31.2 Å². The predicted octanol–water partition coefficient (Wildman–Crippen LogP) is 2.03. The summed E-state index contributed by atoms with van der Waals surface area (Å²) in [7, 11) is 0. The summed E-state index contributed by atoms with van der Waals surface area (Å²) in [5.41, 5.74) is 1.13. The van der Waals surface area contributed by atoms with Crippen molar-refractivity contribution in [1.29, 1.82) is 0 Å². The Balaban J connectivity index is 1.77. The third kappa shape index (κ3) is 5.24. The van der Waals surface area contributed by atoms with Crippen LogP contribution >= 0.6 is 11.8 Å². The lowest BCUT2D eigenvalue weighted by Crippen LogP contribution is -2.35. The van der Waals surface area contributed by atoms with Crippen molar-refractivity contribution < 1.29 is 19.5 Å². The van der Waals surface area contributed by atoms with Crippen LogP contribution in [0.1, 0.15) is 23.0 Å². The van der Waals surface area contributed by atoms with E-state index >= 15 is 0 Å². The maximum Gasteiger partial charge on any atom is 0.416 e. The molecule has 0 radical (unpaired) electrons. The van der Waals surface area contributed by atoms with Crippen molar-refractivity contribution in [3.8, 4) is 0 Å². The molecule has 0 aliphatic rings. The molecule has 2 rings (SSSR count). The molecule has 24 heavy (non-hydrogen) atoms. The lowest BCUT2D eigenvalue weighted by Gasteiger charge is -2.12. The van der Waals surface area contributed by atoms with Gasteiger partial charge in [-0.3, -0.25) is 9.59 Å². The zero-order valence-electron chi connectivity index (χ0n) is 13.0. The van der Waals surface area contributed by atoms with E-state index in [9.17, 15) is 14.4 Å². The molecule has 0 spiro atoms. The maximum atomic E-state index is 11.9. The van der Waals surface area contributed by atoms with E-state index in [1.165, 1.54) is 12.5 Å². The second kappa shape index (κ2) is 8.30. The summed E-state index contributed by atoms with van der Waals surface area (Å²) in [5, 5.41) is 11.4. The van der Waals surface area contributed by atoms with Crippen molar-refractivity contribution in [2.24, 2.45) is 0 Å². The highest BCUT2D eigenvalue weighted by molar-refractivity contribution is 8.14. The number of hydrogen-bond acceptors (Lipinski definition) is 5. The largest absolute Gasteiger partial charge is 0.464 e. The van der Waals surface area contributed by atoms with Gasteiger partial charge in [0.15, 0.2) is 0 Å². The number of rotatable bonds is 6. The average molecular weight is 347 g/mol. The SMILES string of the molecule is C[C@H](Cc1cn(C(=O)O)cn1)NC(=O)CSC(=O)c1ccccc1. The van der Waals surface area contributed by atoms with E-state index in [0.29, 0.717) is 17.7 Å². The van der Waals surface area contributed by atoms with Gasteiger partial charge in [-0.15, -0.1) is 0 Å². The topological polar surface area (TPSA) is 101 Å². The number of amides is 1. The Morgan fingerprint density at radius 2 is 2.00 bits per heavy atom. The molecule has 1 amide bonds. The second-order valence-electron chi connectivity index (χ2n) is 5.17. The van der Waals surface area contributed by atoms with Gasteiger partial charge in [-0.25, -0.2) is 14.3 Å². The fourth-order valence-corrected chi connectivity index (χ4v) is 2.69. The summed E-state index contributed by atoms with van der Waals surface area (Å²) >= 11 is 0.946. The Kier molecular flexibility index (Phi) is 6.14. The lowest BCUT2D eigenvalue weighted by molar-refractivity contribution is -0.119. The van der Waals surface area contributed by atoms with E-state index in [1.807, 2.05) is 6.07 Å². The number of aromatic nitrogens is 2. The molecule has 8 heteroatoms. The second-order valence-corrected chi connectivity index (χ2v) is 6.12. The van der Waals surface area contributed by atoms with E-state index in [4.69, 9.17) is 5.11 Å². The zero-order valence-corrected chi connectivity index (χ0v) is 13.8. The van der Waals surface area contributed by atoms with Gasteiger partial charge in [0.2, 0.25) is 11.0 Å². The maximum absolute atomic E-state index is 11.9. The smallest absolute Gasteiger partial charge is 0.416 e. The number of nitrogens with one attached hydrogen (secondary N) is 1. The molecule has 2 N–H and O–H groups in total. The first-order valence-electron chi connectivity index (χ1n) is 7.23. The summed E-state index contributed by atoms with van der Waals surface area (Å²) in [6.45, 7) is 1.79. The van der Waals surface area contributed by atoms with Gasteiger partial charge in [-0.2, -0.15) is 0 Å². The quantitative estimate of drug-likeness (QED) is 0.829. The zero-order chi connectivity index (χ0) is 17.5. The number of carboxylic acid groups (broad SMARTS) is 1. The summed E-state index contributed by atoms with van der Waals surface area (Å²) in [5.74, 6) is -0.226. The molecule has 1 atom stereocenters. The molecule has 0 bridgehead atoms. The van der Waals surface area contributed by atoms with Crippen molar-refractivity contribution in [3.63, 3.8) is 0 Å². The molecule has 0 aliphatic heterocycles. The number of carbonyl (C=O) groups is 3. The molecule has 0 unspecified atom stereocenters. The molecule has 126 valence electrons. The van der Waals surface area contributed by atoms with Gasteiger partial charge in [0, 0.05) is 24.2 Å². The molecular formula is C16H17N3O4S. The van der Waals surface area contributed by atoms with Gasteiger partial charge in [-0.1, -0.05) is 42.1 Å². The summed E-state index contributed by atoms with van der Waals surface area (Å²) in [6, 6.07) is 8.55. The monoisotopic (exact) mass is 347 g/mol.